The molecule has 0 amide bonds. The van der Waals surface area contributed by atoms with E-state index in [9.17, 15) is 13.7 Å². The van der Waals surface area contributed by atoms with Crippen LogP contribution in [0.3, 0.4) is 0 Å². The molecule has 0 aliphatic rings. The van der Waals surface area contributed by atoms with E-state index in [1.165, 1.54) is 18.2 Å². The van der Waals surface area contributed by atoms with E-state index in [1.807, 2.05) is 37.4 Å². The highest BCUT2D eigenvalue weighted by molar-refractivity contribution is 7.98. The zero-order valence-electron chi connectivity index (χ0n) is 15.3. The molecule has 3 aromatic rings. The Morgan fingerprint density at radius 1 is 1.04 bits per heavy atom. The number of sulfonamides is 1. The molecule has 3 rings (SSSR count). The summed E-state index contributed by atoms with van der Waals surface area (Å²) >= 11 is 1.64. The van der Waals surface area contributed by atoms with E-state index in [1.54, 1.807) is 42.1 Å². The van der Waals surface area contributed by atoms with Gasteiger partial charge in [0.05, 0.1) is 10.5 Å². The monoisotopic (exact) mass is 410 g/mol. The summed E-state index contributed by atoms with van der Waals surface area (Å²) in [7, 11) is -3.81. The Labute approximate surface area is 169 Å². The lowest BCUT2D eigenvalue weighted by Crippen LogP contribution is -2.13. The van der Waals surface area contributed by atoms with Gasteiger partial charge in [0.1, 0.15) is 17.6 Å². The zero-order valence-corrected chi connectivity index (χ0v) is 17.0. The Balaban J connectivity index is 1.88. The van der Waals surface area contributed by atoms with Crippen LogP contribution in [-0.4, -0.2) is 14.7 Å². The number of nitrogens with zero attached hydrogens (tertiary/aromatic N) is 1. The third-order valence-corrected chi connectivity index (χ3v) is 6.28. The highest BCUT2D eigenvalue weighted by atomic mass is 32.2. The van der Waals surface area contributed by atoms with Crippen LogP contribution in [0.15, 0.2) is 76.5 Å². The second-order valence-corrected chi connectivity index (χ2v) is 8.51. The summed E-state index contributed by atoms with van der Waals surface area (Å²) in [6, 6.07) is 20.5. The largest absolute Gasteiger partial charge is 0.456 e. The topological polar surface area (TPSA) is 79.2 Å². The first-order chi connectivity index (χ1) is 13.4. The molecule has 0 atom stereocenters. The molecule has 0 aromatic heterocycles. The van der Waals surface area contributed by atoms with Crippen LogP contribution < -0.4 is 9.46 Å². The summed E-state index contributed by atoms with van der Waals surface area (Å²) in [5, 5.41) is 9.46. The van der Waals surface area contributed by atoms with Gasteiger partial charge >= 0.3 is 0 Å². The fourth-order valence-electron chi connectivity index (χ4n) is 2.61. The van der Waals surface area contributed by atoms with Crippen molar-refractivity contribution in [3.63, 3.8) is 0 Å². The number of ether oxygens (including phenoxy) is 1. The highest BCUT2D eigenvalue weighted by Gasteiger charge is 2.17. The Hall–Kier alpha value is -2.95. The number of nitriles is 1. The van der Waals surface area contributed by atoms with E-state index in [-0.39, 0.29) is 10.5 Å². The standard InChI is InChI=1S/C21H18N2O3S2/c1-15-12-18(8-11-21(15)27-2)26-20-10-9-19(13-16(20)14-22)28(24,25)23-17-6-4-3-5-7-17/h3-13,23H,1-2H3. The Kier molecular flexibility index (Phi) is 5.93. The number of para-hydroxylation sites is 1. The molecule has 5 nitrogen and oxygen atoms in total. The average Bonchev–Trinajstić information content (AvgIpc) is 2.69. The number of aryl methyl sites for hydroxylation is 1. The van der Waals surface area contributed by atoms with Crippen LogP contribution in [-0.2, 0) is 10.0 Å². The third kappa shape index (κ3) is 4.47. The second kappa shape index (κ2) is 8.38. The number of hydrogen-bond acceptors (Lipinski definition) is 5. The molecule has 0 heterocycles. The molecule has 28 heavy (non-hydrogen) atoms. The van der Waals surface area contributed by atoms with Crippen LogP contribution in [0.25, 0.3) is 0 Å². The minimum Gasteiger partial charge on any atom is -0.456 e. The normalized spacial score (nSPS) is 10.9. The molecule has 3 aromatic carbocycles. The molecule has 0 spiro atoms. The molecule has 0 bridgehead atoms. The molecule has 7 heteroatoms. The van der Waals surface area contributed by atoms with Gasteiger partial charge in [0.15, 0.2) is 0 Å². The zero-order chi connectivity index (χ0) is 20.1. The summed E-state index contributed by atoms with van der Waals surface area (Å²) in [6.45, 7) is 1.98. The van der Waals surface area contributed by atoms with Crippen molar-refractivity contribution < 1.29 is 13.2 Å². The molecule has 0 fully saturated rings. The molecular formula is C21H18N2O3S2. The van der Waals surface area contributed by atoms with Crippen molar-refractivity contribution in [3.05, 3.63) is 77.9 Å². The number of thioether (sulfide) groups is 1. The molecule has 142 valence electrons. The lowest BCUT2D eigenvalue weighted by atomic mass is 10.2. The van der Waals surface area contributed by atoms with Crippen LogP contribution >= 0.6 is 11.8 Å². The molecule has 0 aliphatic heterocycles. The average molecular weight is 411 g/mol. The van der Waals surface area contributed by atoms with Crippen molar-refractivity contribution in [1.82, 2.24) is 0 Å². The van der Waals surface area contributed by atoms with Gasteiger partial charge in [-0.25, -0.2) is 8.42 Å². The van der Waals surface area contributed by atoms with Gasteiger partial charge in [-0.3, -0.25) is 4.72 Å². The third-order valence-electron chi connectivity index (χ3n) is 4.00. The molecule has 0 unspecified atom stereocenters. The number of benzene rings is 3. The molecule has 0 aliphatic carbocycles. The molecular weight excluding hydrogens is 392 g/mol. The quantitative estimate of drug-likeness (QED) is 0.566. The Morgan fingerprint density at radius 2 is 1.79 bits per heavy atom. The number of hydrogen-bond donors (Lipinski definition) is 1. The molecule has 1 N–H and O–H groups in total. The van der Waals surface area contributed by atoms with Gasteiger partial charge in [-0.1, -0.05) is 18.2 Å². The van der Waals surface area contributed by atoms with Gasteiger partial charge in [-0.2, -0.15) is 5.26 Å². The fourth-order valence-corrected chi connectivity index (χ4v) is 4.28. The maximum absolute atomic E-state index is 12.6. The van der Waals surface area contributed by atoms with Crippen molar-refractivity contribution in [3.8, 4) is 17.6 Å². The van der Waals surface area contributed by atoms with Crippen LogP contribution in [0.2, 0.25) is 0 Å². The van der Waals surface area contributed by atoms with Crippen molar-refractivity contribution in [2.75, 3.05) is 11.0 Å². The maximum Gasteiger partial charge on any atom is 0.261 e. The van der Waals surface area contributed by atoms with Crippen molar-refractivity contribution in [2.24, 2.45) is 0 Å². The number of nitrogens with one attached hydrogen (secondary N) is 1. The van der Waals surface area contributed by atoms with E-state index in [4.69, 9.17) is 4.74 Å². The van der Waals surface area contributed by atoms with Gasteiger partial charge in [-0.15, -0.1) is 11.8 Å². The first-order valence-corrected chi connectivity index (χ1v) is 11.1. The minimum absolute atomic E-state index is 0.00540. The summed E-state index contributed by atoms with van der Waals surface area (Å²) < 4.78 is 33.5. The van der Waals surface area contributed by atoms with Crippen LogP contribution in [0.5, 0.6) is 11.5 Å². The number of rotatable bonds is 6. The molecule has 0 saturated heterocycles. The van der Waals surface area contributed by atoms with Gasteiger partial charge in [0.2, 0.25) is 0 Å². The first kappa shape index (κ1) is 19.8. The van der Waals surface area contributed by atoms with E-state index in [0.29, 0.717) is 17.2 Å². The van der Waals surface area contributed by atoms with Crippen LogP contribution in [0, 0.1) is 18.3 Å². The van der Waals surface area contributed by atoms with Gasteiger partial charge < -0.3 is 4.74 Å². The SMILES string of the molecule is CSc1ccc(Oc2ccc(S(=O)(=O)Nc3ccccc3)cc2C#N)cc1C. The minimum atomic E-state index is -3.81. The molecule has 0 radical (unpaired) electrons. The number of anilines is 1. The lowest BCUT2D eigenvalue weighted by molar-refractivity contribution is 0.479. The molecule has 0 saturated carbocycles. The Morgan fingerprint density at radius 3 is 2.43 bits per heavy atom. The van der Waals surface area contributed by atoms with E-state index in [2.05, 4.69) is 4.72 Å². The Bertz CT molecular complexity index is 1140. The summed E-state index contributed by atoms with van der Waals surface area (Å²) in [4.78, 5) is 1.13. The maximum atomic E-state index is 12.6. The smallest absolute Gasteiger partial charge is 0.261 e. The summed E-state index contributed by atoms with van der Waals surface area (Å²) in [6.07, 6.45) is 2.00. The highest BCUT2D eigenvalue weighted by Crippen LogP contribution is 2.30. The van der Waals surface area contributed by atoms with Gasteiger partial charge in [-0.05, 0) is 67.3 Å². The second-order valence-electron chi connectivity index (χ2n) is 5.97. The predicted octanol–water partition coefficient (Wildman–Crippen LogP) is 5.18. The first-order valence-electron chi connectivity index (χ1n) is 8.37. The van der Waals surface area contributed by atoms with Gasteiger partial charge in [0.25, 0.3) is 10.0 Å². The predicted molar refractivity (Wildman–Crippen MR) is 111 cm³/mol. The lowest BCUT2D eigenvalue weighted by Gasteiger charge is -2.12. The summed E-state index contributed by atoms with van der Waals surface area (Å²) in [5.74, 6) is 0.891. The van der Waals surface area contributed by atoms with Gasteiger partial charge in [0, 0.05) is 10.6 Å². The van der Waals surface area contributed by atoms with Crippen molar-refractivity contribution in [2.45, 2.75) is 16.7 Å². The van der Waals surface area contributed by atoms with Crippen molar-refractivity contribution in [1.29, 1.82) is 5.26 Å². The summed E-state index contributed by atoms with van der Waals surface area (Å²) in [5.41, 5.74) is 1.66. The van der Waals surface area contributed by atoms with Crippen LogP contribution in [0.4, 0.5) is 5.69 Å². The van der Waals surface area contributed by atoms with Crippen molar-refractivity contribution >= 4 is 27.5 Å². The van der Waals surface area contributed by atoms with E-state index < -0.39 is 10.0 Å². The van der Waals surface area contributed by atoms with Crippen LogP contribution in [0.1, 0.15) is 11.1 Å². The van der Waals surface area contributed by atoms with E-state index >= 15 is 0 Å². The van der Waals surface area contributed by atoms with E-state index in [0.717, 1.165) is 10.5 Å². The fraction of sp³-hybridized carbons (Fsp3) is 0.0952.